The van der Waals surface area contributed by atoms with Crippen LogP contribution in [0.4, 0.5) is 0 Å². The van der Waals surface area contributed by atoms with Crippen LogP contribution in [0.3, 0.4) is 0 Å². The number of morpholine rings is 1. The highest BCUT2D eigenvalue weighted by Crippen LogP contribution is 2.22. The molecule has 2 N–H and O–H groups in total. The van der Waals surface area contributed by atoms with E-state index < -0.39 is 0 Å². The molecule has 0 radical (unpaired) electrons. The highest BCUT2D eigenvalue weighted by atomic mass is 35.5. The minimum Gasteiger partial charge on any atom is -0.374 e. The molecule has 1 aromatic rings. The smallest absolute Gasteiger partial charge is 0.261 e. The molecule has 1 atom stereocenters. The maximum absolute atomic E-state index is 12.2. The van der Waals surface area contributed by atoms with Gasteiger partial charge in [-0.05, 0) is 12.1 Å². The zero-order valence-electron chi connectivity index (χ0n) is 12.2. The van der Waals surface area contributed by atoms with Crippen LogP contribution in [0.15, 0.2) is 24.3 Å². The van der Waals surface area contributed by atoms with Gasteiger partial charge in [-0.2, -0.15) is 0 Å². The van der Waals surface area contributed by atoms with E-state index in [1.54, 1.807) is 24.3 Å². The standard InChI is InChI=1S/C15H19N3O3.ClH/c16-9-11-10-17(7-8-21-11)5-6-18-14(19)12-3-1-2-4-13(12)15(18)20;/h1-4,11H,5-10,16H2;1H. The topological polar surface area (TPSA) is 75.9 Å². The van der Waals surface area contributed by atoms with Gasteiger partial charge in [0.15, 0.2) is 0 Å². The maximum Gasteiger partial charge on any atom is 0.261 e. The molecule has 1 aromatic carbocycles. The summed E-state index contributed by atoms with van der Waals surface area (Å²) in [6, 6.07) is 6.96. The Morgan fingerprint density at radius 3 is 2.36 bits per heavy atom. The Morgan fingerprint density at radius 1 is 1.14 bits per heavy atom. The zero-order chi connectivity index (χ0) is 14.8. The van der Waals surface area contributed by atoms with Crippen molar-refractivity contribution in [2.75, 3.05) is 39.3 Å². The van der Waals surface area contributed by atoms with Gasteiger partial charge in [0.1, 0.15) is 0 Å². The Bertz CT molecular complexity index is 532. The van der Waals surface area contributed by atoms with Crippen molar-refractivity contribution in [3.63, 3.8) is 0 Å². The van der Waals surface area contributed by atoms with E-state index in [-0.39, 0.29) is 30.3 Å². The second-order valence-electron chi connectivity index (χ2n) is 5.34. The summed E-state index contributed by atoms with van der Waals surface area (Å²) in [7, 11) is 0. The molecule has 7 heteroatoms. The van der Waals surface area contributed by atoms with Crippen molar-refractivity contribution in [2.24, 2.45) is 5.73 Å². The molecule has 1 unspecified atom stereocenters. The number of ether oxygens (including phenoxy) is 1. The van der Waals surface area contributed by atoms with Crippen molar-refractivity contribution < 1.29 is 14.3 Å². The fourth-order valence-corrected chi connectivity index (χ4v) is 2.81. The van der Waals surface area contributed by atoms with E-state index in [9.17, 15) is 9.59 Å². The number of halogens is 1. The van der Waals surface area contributed by atoms with Crippen LogP contribution in [-0.2, 0) is 4.74 Å². The van der Waals surface area contributed by atoms with Gasteiger partial charge in [0.25, 0.3) is 11.8 Å². The number of fused-ring (bicyclic) bond motifs is 1. The third kappa shape index (κ3) is 3.15. The van der Waals surface area contributed by atoms with Crippen LogP contribution < -0.4 is 5.73 Å². The lowest BCUT2D eigenvalue weighted by atomic mass is 10.1. The quantitative estimate of drug-likeness (QED) is 0.809. The molecule has 0 saturated carbocycles. The van der Waals surface area contributed by atoms with E-state index in [1.165, 1.54) is 4.90 Å². The third-order valence-electron chi connectivity index (χ3n) is 4.00. The number of rotatable bonds is 4. The van der Waals surface area contributed by atoms with Crippen molar-refractivity contribution in [2.45, 2.75) is 6.10 Å². The summed E-state index contributed by atoms with van der Waals surface area (Å²) in [5, 5.41) is 0. The van der Waals surface area contributed by atoms with Gasteiger partial charge in [-0.25, -0.2) is 0 Å². The maximum atomic E-state index is 12.2. The van der Waals surface area contributed by atoms with Crippen molar-refractivity contribution in [1.29, 1.82) is 0 Å². The molecule has 1 fully saturated rings. The number of hydrogen-bond acceptors (Lipinski definition) is 5. The molecule has 2 aliphatic rings. The fourth-order valence-electron chi connectivity index (χ4n) is 2.81. The van der Waals surface area contributed by atoms with Gasteiger partial charge in [0.2, 0.25) is 0 Å². The normalized spacial score (nSPS) is 21.7. The number of imide groups is 1. The van der Waals surface area contributed by atoms with E-state index in [0.717, 1.165) is 13.1 Å². The molecular formula is C15H20ClN3O3. The molecule has 0 aromatic heterocycles. The van der Waals surface area contributed by atoms with Gasteiger partial charge < -0.3 is 10.5 Å². The van der Waals surface area contributed by atoms with Crippen LogP contribution in [0, 0.1) is 0 Å². The second-order valence-corrected chi connectivity index (χ2v) is 5.34. The van der Waals surface area contributed by atoms with Crippen molar-refractivity contribution in [3.8, 4) is 0 Å². The van der Waals surface area contributed by atoms with Gasteiger partial charge in [-0.15, -0.1) is 12.4 Å². The molecule has 0 bridgehead atoms. The average molecular weight is 326 g/mol. The minimum absolute atomic E-state index is 0. The van der Waals surface area contributed by atoms with Crippen LogP contribution in [0.5, 0.6) is 0 Å². The number of benzene rings is 1. The molecule has 120 valence electrons. The van der Waals surface area contributed by atoms with Gasteiger partial charge >= 0.3 is 0 Å². The first-order chi connectivity index (χ1) is 10.2. The summed E-state index contributed by atoms with van der Waals surface area (Å²) in [6.07, 6.45) is 0.0425. The first kappa shape index (κ1) is 16.9. The monoisotopic (exact) mass is 325 g/mol. The van der Waals surface area contributed by atoms with E-state index in [0.29, 0.717) is 37.4 Å². The Labute approximate surface area is 135 Å². The number of amides is 2. The largest absolute Gasteiger partial charge is 0.374 e. The summed E-state index contributed by atoms with van der Waals surface area (Å²) in [5.41, 5.74) is 6.62. The lowest BCUT2D eigenvalue weighted by Crippen LogP contribution is -2.48. The first-order valence-electron chi connectivity index (χ1n) is 7.20. The van der Waals surface area contributed by atoms with Crippen molar-refractivity contribution in [1.82, 2.24) is 9.80 Å². The molecule has 2 aliphatic heterocycles. The zero-order valence-corrected chi connectivity index (χ0v) is 13.1. The molecule has 3 rings (SSSR count). The predicted octanol–water partition coefficient (Wildman–Crippen LogP) is 0.364. The van der Waals surface area contributed by atoms with Crippen LogP contribution >= 0.6 is 12.4 Å². The third-order valence-corrected chi connectivity index (χ3v) is 4.00. The highest BCUT2D eigenvalue weighted by Gasteiger charge is 2.35. The Hall–Kier alpha value is -1.47. The number of hydrogen-bond donors (Lipinski definition) is 1. The van der Waals surface area contributed by atoms with Crippen LogP contribution in [-0.4, -0.2) is 67.0 Å². The number of nitrogens with zero attached hydrogens (tertiary/aromatic N) is 2. The van der Waals surface area contributed by atoms with Gasteiger partial charge in [0.05, 0.1) is 23.8 Å². The van der Waals surface area contributed by atoms with Crippen molar-refractivity contribution in [3.05, 3.63) is 35.4 Å². The molecule has 2 heterocycles. The number of carbonyl (C=O) groups is 2. The Balaban J connectivity index is 0.00000176. The average Bonchev–Trinajstić information content (AvgIpc) is 2.78. The number of nitrogens with two attached hydrogens (primary N) is 1. The summed E-state index contributed by atoms with van der Waals surface area (Å²) in [4.78, 5) is 28.0. The predicted molar refractivity (Wildman–Crippen MR) is 84.3 cm³/mol. The first-order valence-corrected chi connectivity index (χ1v) is 7.20. The van der Waals surface area contributed by atoms with Gasteiger partial charge in [-0.1, -0.05) is 12.1 Å². The Morgan fingerprint density at radius 2 is 1.77 bits per heavy atom. The molecule has 2 amide bonds. The van der Waals surface area contributed by atoms with E-state index in [4.69, 9.17) is 10.5 Å². The Kier molecular flexibility index (Phi) is 5.52. The molecule has 22 heavy (non-hydrogen) atoms. The lowest BCUT2D eigenvalue weighted by Gasteiger charge is -2.33. The molecule has 1 saturated heterocycles. The van der Waals surface area contributed by atoms with Crippen molar-refractivity contribution >= 4 is 24.2 Å². The van der Waals surface area contributed by atoms with Crippen LogP contribution in [0.1, 0.15) is 20.7 Å². The molecule has 0 spiro atoms. The van der Waals surface area contributed by atoms with Crippen LogP contribution in [0.25, 0.3) is 0 Å². The van der Waals surface area contributed by atoms with E-state index in [2.05, 4.69) is 4.90 Å². The second kappa shape index (κ2) is 7.19. The van der Waals surface area contributed by atoms with Gasteiger partial charge in [-0.3, -0.25) is 19.4 Å². The fraction of sp³-hybridized carbons (Fsp3) is 0.467. The summed E-state index contributed by atoms with van der Waals surface area (Å²) < 4.78 is 5.51. The lowest BCUT2D eigenvalue weighted by molar-refractivity contribution is -0.0243. The van der Waals surface area contributed by atoms with E-state index in [1.807, 2.05) is 0 Å². The summed E-state index contributed by atoms with van der Waals surface area (Å²) in [5.74, 6) is -0.390. The molecule has 6 nitrogen and oxygen atoms in total. The highest BCUT2D eigenvalue weighted by molar-refractivity contribution is 6.21. The minimum atomic E-state index is -0.195. The summed E-state index contributed by atoms with van der Waals surface area (Å²) >= 11 is 0. The van der Waals surface area contributed by atoms with Crippen LogP contribution in [0.2, 0.25) is 0 Å². The summed E-state index contributed by atoms with van der Waals surface area (Å²) in [6.45, 7) is 3.75. The number of carbonyl (C=O) groups excluding carboxylic acids is 2. The molecule has 0 aliphatic carbocycles. The van der Waals surface area contributed by atoms with Gasteiger partial charge in [0, 0.05) is 32.7 Å². The SMILES string of the molecule is Cl.NCC1CN(CCN2C(=O)c3ccccc3C2=O)CCO1. The molecular weight excluding hydrogens is 306 g/mol. The van der Waals surface area contributed by atoms with E-state index >= 15 is 0 Å².